The summed E-state index contributed by atoms with van der Waals surface area (Å²) in [6.07, 6.45) is 2.54. The predicted molar refractivity (Wildman–Crippen MR) is 59.5 cm³/mol. The molecule has 1 atom stereocenters. The minimum absolute atomic E-state index is 0.656. The van der Waals surface area contributed by atoms with E-state index in [4.69, 9.17) is 0 Å². The summed E-state index contributed by atoms with van der Waals surface area (Å²) in [7, 11) is 0. The first-order chi connectivity index (χ1) is 6.15. The van der Waals surface area contributed by atoms with Crippen LogP contribution in [0.15, 0.2) is 12.1 Å². The molecule has 1 unspecified atom stereocenters. The van der Waals surface area contributed by atoms with E-state index in [9.17, 15) is 5.11 Å². The molecule has 70 valence electrons. The normalized spacial score (nSPS) is 26.1. The van der Waals surface area contributed by atoms with Crippen LogP contribution in [0.2, 0.25) is 0 Å². The summed E-state index contributed by atoms with van der Waals surface area (Å²) >= 11 is 2.18. The molecule has 0 saturated carbocycles. The molecule has 0 aromatic carbocycles. The number of aromatic nitrogens is 1. The van der Waals surface area contributed by atoms with Gasteiger partial charge in [0.15, 0.2) is 0 Å². The average Bonchev–Trinajstić information content (AvgIpc) is 2.45. The highest BCUT2D eigenvalue weighted by atomic mass is 127. The summed E-state index contributed by atoms with van der Waals surface area (Å²) in [5.74, 6) is 0. The monoisotopic (exact) mass is 289 g/mol. The summed E-state index contributed by atoms with van der Waals surface area (Å²) in [6, 6.07) is 4.08. The second kappa shape index (κ2) is 3.20. The molecule has 1 N–H and O–H groups in total. The highest BCUT2D eigenvalue weighted by Crippen LogP contribution is 2.37. The Balaban J connectivity index is 2.52. The topological polar surface area (TPSA) is 33.1 Å². The number of aryl methyl sites for hydroxylation is 1. The molecule has 3 heteroatoms. The van der Waals surface area contributed by atoms with Crippen molar-refractivity contribution in [3.05, 3.63) is 27.1 Å². The van der Waals surface area contributed by atoms with Crippen LogP contribution in [0.1, 0.15) is 31.0 Å². The van der Waals surface area contributed by atoms with Crippen molar-refractivity contribution < 1.29 is 5.11 Å². The standard InChI is InChI=1S/C10H12INO/c1-2-10(13)6-5-7-3-4-8(11)12-9(7)10/h3-4,13H,2,5-6H2,1H3. The van der Waals surface area contributed by atoms with E-state index in [1.807, 2.05) is 13.0 Å². The first kappa shape index (κ1) is 9.40. The maximum Gasteiger partial charge on any atom is 0.107 e. The van der Waals surface area contributed by atoms with Crippen LogP contribution in [0, 0.1) is 3.70 Å². The van der Waals surface area contributed by atoms with Crippen LogP contribution in [0.5, 0.6) is 0 Å². The molecule has 0 spiro atoms. The SMILES string of the molecule is CCC1(O)CCc2ccc(I)nc21. The van der Waals surface area contributed by atoms with Gasteiger partial charge in [0, 0.05) is 0 Å². The van der Waals surface area contributed by atoms with E-state index in [0.717, 1.165) is 28.7 Å². The van der Waals surface area contributed by atoms with E-state index >= 15 is 0 Å². The van der Waals surface area contributed by atoms with Crippen molar-refractivity contribution in [2.24, 2.45) is 0 Å². The summed E-state index contributed by atoms with van der Waals surface area (Å²) < 4.78 is 0.963. The van der Waals surface area contributed by atoms with Gasteiger partial charge in [-0.25, -0.2) is 4.98 Å². The minimum Gasteiger partial charge on any atom is -0.384 e. The van der Waals surface area contributed by atoms with Crippen molar-refractivity contribution in [3.63, 3.8) is 0 Å². The number of aliphatic hydroxyl groups is 1. The maximum absolute atomic E-state index is 10.2. The smallest absolute Gasteiger partial charge is 0.107 e. The second-order valence-corrected chi connectivity index (χ2v) is 4.63. The number of fused-ring (bicyclic) bond motifs is 1. The Morgan fingerprint density at radius 2 is 2.38 bits per heavy atom. The Labute approximate surface area is 91.5 Å². The van der Waals surface area contributed by atoms with Gasteiger partial charge in [0.1, 0.15) is 9.30 Å². The molecular formula is C10H12INO. The van der Waals surface area contributed by atoms with Gasteiger partial charge in [-0.15, -0.1) is 0 Å². The van der Waals surface area contributed by atoms with Crippen LogP contribution >= 0.6 is 22.6 Å². The van der Waals surface area contributed by atoms with E-state index in [1.54, 1.807) is 0 Å². The summed E-state index contributed by atoms with van der Waals surface area (Å²) in [5, 5.41) is 10.2. The Morgan fingerprint density at radius 3 is 3.08 bits per heavy atom. The van der Waals surface area contributed by atoms with E-state index in [2.05, 4.69) is 33.6 Å². The van der Waals surface area contributed by atoms with Crippen molar-refractivity contribution in [1.29, 1.82) is 0 Å². The van der Waals surface area contributed by atoms with Crippen LogP contribution in [-0.2, 0) is 12.0 Å². The Morgan fingerprint density at radius 1 is 1.62 bits per heavy atom. The largest absolute Gasteiger partial charge is 0.384 e. The Hall–Kier alpha value is -0.160. The van der Waals surface area contributed by atoms with Crippen molar-refractivity contribution in [1.82, 2.24) is 4.98 Å². The van der Waals surface area contributed by atoms with Gasteiger partial charge in [-0.05, 0) is 53.5 Å². The lowest BCUT2D eigenvalue weighted by Gasteiger charge is -2.20. The number of rotatable bonds is 1. The predicted octanol–water partition coefficient (Wildman–Crippen LogP) is 2.23. The van der Waals surface area contributed by atoms with Crippen LogP contribution in [0.3, 0.4) is 0 Å². The molecule has 1 aliphatic rings. The lowest BCUT2D eigenvalue weighted by atomic mass is 9.98. The molecule has 1 heterocycles. The number of hydrogen-bond donors (Lipinski definition) is 1. The Bertz CT molecular complexity index is 340. The maximum atomic E-state index is 10.2. The van der Waals surface area contributed by atoms with Crippen LogP contribution < -0.4 is 0 Å². The van der Waals surface area contributed by atoms with E-state index in [0.29, 0.717) is 0 Å². The van der Waals surface area contributed by atoms with Gasteiger partial charge < -0.3 is 5.11 Å². The number of nitrogens with zero attached hydrogens (tertiary/aromatic N) is 1. The average molecular weight is 289 g/mol. The molecule has 0 fully saturated rings. The number of pyridine rings is 1. The van der Waals surface area contributed by atoms with Crippen molar-refractivity contribution in [3.8, 4) is 0 Å². The molecule has 0 radical (unpaired) electrons. The van der Waals surface area contributed by atoms with E-state index < -0.39 is 5.60 Å². The quantitative estimate of drug-likeness (QED) is 0.635. The summed E-state index contributed by atoms with van der Waals surface area (Å²) in [5.41, 5.74) is 1.46. The zero-order valence-electron chi connectivity index (χ0n) is 7.55. The summed E-state index contributed by atoms with van der Waals surface area (Å²) in [4.78, 5) is 4.41. The molecular weight excluding hydrogens is 277 g/mol. The van der Waals surface area contributed by atoms with Crippen molar-refractivity contribution in [2.45, 2.75) is 31.8 Å². The first-order valence-electron chi connectivity index (χ1n) is 4.54. The van der Waals surface area contributed by atoms with Gasteiger partial charge in [0.2, 0.25) is 0 Å². The van der Waals surface area contributed by atoms with E-state index in [-0.39, 0.29) is 0 Å². The number of halogens is 1. The van der Waals surface area contributed by atoms with Gasteiger partial charge in [0.05, 0.1) is 5.69 Å². The van der Waals surface area contributed by atoms with Crippen LogP contribution in [0.4, 0.5) is 0 Å². The first-order valence-corrected chi connectivity index (χ1v) is 5.62. The molecule has 13 heavy (non-hydrogen) atoms. The van der Waals surface area contributed by atoms with Gasteiger partial charge in [0.25, 0.3) is 0 Å². The second-order valence-electron chi connectivity index (χ2n) is 3.53. The molecule has 0 amide bonds. The number of hydrogen-bond acceptors (Lipinski definition) is 2. The van der Waals surface area contributed by atoms with Crippen molar-refractivity contribution in [2.75, 3.05) is 0 Å². The lowest BCUT2D eigenvalue weighted by Crippen LogP contribution is -2.22. The van der Waals surface area contributed by atoms with Gasteiger partial charge in [-0.2, -0.15) is 0 Å². The van der Waals surface area contributed by atoms with E-state index in [1.165, 1.54) is 5.56 Å². The molecule has 0 aliphatic heterocycles. The van der Waals surface area contributed by atoms with Crippen molar-refractivity contribution >= 4 is 22.6 Å². The molecule has 0 bridgehead atoms. The molecule has 2 nitrogen and oxygen atoms in total. The third-order valence-corrected chi connectivity index (χ3v) is 3.38. The molecule has 0 saturated heterocycles. The molecule has 1 aromatic heterocycles. The lowest BCUT2D eigenvalue weighted by molar-refractivity contribution is 0.0305. The molecule has 1 aromatic rings. The third-order valence-electron chi connectivity index (χ3n) is 2.78. The zero-order chi connectivity index (χ0) is 9.47. The van der Waals surface area contributed by atoms with Crippen LogP contribution in [-0.4, -0.2) is 10.1 Å². The fourth-order valence-electron chi connectivity index (χ4n) is 1.87. The molecule has 2 rings (SSSR count). The zero-order valence-corrected chi connectivity index (χ0v) is 9.71. The van der Waals surface area contributed by atoms with Crippen LogP contribution in [0.25, 0.3) is 0 Å². The highest BCUT2D eigenvalue weighted by Gasteiger charge is 2.36. The molecule has 1 aliphatic carbocycles. The summed E-state index contributed by atoms with van der Waals surface area (Å²) in [6.45, 7) is 2.01. The Kier molecular flexibility index (Phi) is 2.32. The van der Waals surface area contributed by atoms with Gasteiger partial charge in [-0.3, -0.25) is 0 Å². The van der Waals surface area contributed by atoms with Gasteiger partial charge in [-0.1, -0.05) is 13.0 Å². The van der Waals surface area contributed by atoms with Gasteiger partial charge >= 0.3 is 0 Å². The highest BCUT2D eigenvalue weighted by molar-refractivity contribution is 14.1. The fraction of sp³-hybridized carbons (Fsp3) is 0.500. The minimum atomic E-state index is -0.656. The third kappa shape index (κ3) is 1.48. The fourth-order valence-corrected chi connectivity index (χ4v) is 2.29.